The van der Waals surface area contributed by atoms with Gasteiger partial charge in [-0.25, -0.2) is 4.79 Å². The molecule has 1 aliphatic heterocycles. The molecule has 0 unspecified atom stereocenters. The van der Waals surface area contributed by atoms with Crippen molar-refractivity contribution >= 4 is 17.0 Å². The zero-order chi connectivity index (χ0) is 17.9. The van der Waals surface area contributed by atoms with E-state index in [0.29, 0.717) is 12.6 Å². The third-order valence-corrected chi connectivity index (χ3v) is 5.91. The highest BCUT2D eigenvalue weighted by Crippen LogP contribution is 2.26. The summed E-state index contributed by atoms with van der Waals surface area (Å²) in [5.74, 6) is 0.819. The van der Waals surface area contributed by atoms with Gasteiger partial charge in [-0.05, 0) is 37.8 Å². The van der Waals surface area contributed by atoms with E-state index in [1.807, 2.05) is 37.4 Å². The maximum Gasteiger partial charge on any atom is 0.317 e. The van der Waals surface area contributed by atoms with Crippen LogP contribution in [-0.2, 0) is 6.54 Å². The summed E-state index contributed by atoms with van der Waals surface area (Å²) >= 11 is 0. The molecule has 2 amide bonds. The second-order valence-corrected chi connectivity index (χ2v) is 7.80. The van der Waals surface area contributed by atoms with Crippen molar-refractivity contribution in [2.24, 2.45) is 0 Å². The van der Waals surface area contributed by atoms with Crippen molar-refractivity contribution in [3.8, 4) is 0 Å². The van der Waals surface area contributed by atoms with Gasteiger partial charge in [-0.3, -0.25) is 0 Å². The zero-order valence-corrected chi connectivity index (χ0v) is 15.6. The van der Waals surface area contributed by atoms with Crippen molar-refractivity contribution < 1.29 is 9.21 Å². The number of nitrogens with one attached hydrogen (secondary N) is 1. The van der Waals surface area contributed by atoms with Gasteiger partial charge in [0.25, 0.3) is 0 Å². The largest absolute Gasteiger partial charge is 0.459 e. The summed E-state index contributed by atoms with van der Waals surface area (Å²) < 4.78 is 5.82. The first-order valence-corrected chi connectivity index (χ1v) is 9.92. The Hall–Kier alpha value is -2.01. The second-order valence-electron chi connectivity index (χ2n) is 7.80. The van der Waals surface area contributed by atoms with Crippen LogP contribution in [0.2, 0.25) is 0 Å². The molecule has 2 heterocycles. The average molecular weight is 355 g/mol. The van der Waals surface area contributed by atoms with Gasteiger partial charge in [-0.2, -0.15) is 0 Å². The fraction of sp³-hybridized carbons (Fsp3) is 0.571. The molecule has 0 spiro atoms. The quantitative estimate of drug-likeness (QED) is 0.902. The van der Waals surface area contributed by atoms with Crippen LogP contribution < -0.4 is 5.32 Å². The summed E-state index contributed by atoms with van der Waals surface area (Å²) in [6, 6.07) is 11.0. The fourth-order valence-corrected chi connectivity index (χ4v) is 4.38. The minimum absolute atomic E-state index is 0.00947. The zero-order valence-electron chi connectivity index (χ0n) is 15.6. The Labute approximate surface area is 155 Å². The summed E-state index contributed by atoms with van der Waals surface area (Å²) in [5, 5.41) is 4.28. The number of furan rings is 1. The van der Waals surface area contributed by atoms with Gasteiger partial charge < -0.3 is 19.5 Å². The van der Waals surface area contributed by atoms with Crippen molar-refractivity contribution in [2.45, 2.75) is 57.2 Å². The van der Waals surface area contributed by atoms with E-state index in [0.717, 1.165) is 48.7 Å². The third-order valence-electron chi connectivity index (χ3n) is 5.91. The molecule has 0 radical (unpaired) electrons. The number of carbonyl (C=O) groups excluding carboxylic acids is 1. The Balaban J connectivity index is 1.26. The van der Waals surface area contributed by atoms with Crippen molar-refractivity contribution in [3.63, 3.8) is 0 Å². The van der Waals surface area contributed by atoms with Crippen molar-refractivity contribution in [3.05, 3.63) is 36.1 Å². The topological polar surface area (TPSA) is 48.7 Å². The molecule has 2 aromatic rings. The summed E-state index contributed by atoms with van der Waals surface area (Å²) in [7, 11) is 1.83. The highest BCUT2D eigenvalue weighted by molar-refractivity contribution is 5.78. The number of carbonyl (C=O) groups is 1. The van der Waals surface area contributed by atoms with Crippen LogP contribution in [0.3, 0.4) is 0 Å². The summed E-state index contributed by atoms with van der Waals surface area (Å²) in [5.41, 5.74) is 0.871. The Morgan fingerprint density at radius 2 is 1.92 bits per heavy atom. The first-order chi connectivity index (χ1) is 12.7. The van der Waals surface area contributed by atoms with E-state index in [2.05, 4.69) is 10.2 Å². The standard InChI is InChI=1S/C21H29N3O2/c1-23(15-19-14-16-6-2-5-9-20(16)26-19)21(25)22-17-10-12-24(13-11-17)18-7-3-4-8-18/h2,5-6,9,14,17-18H,3-4,7-8,10-13,15H2,1H3,(H,22,25). The van der Waals surface area contributed by atoms with E-state index in [4.69, 9.17) is 4.42 Å². The number of hydrogen-bond acceptors (Lipinski definition) is 3. The third kappa shape index (κ3) is 3.88. The predicted molar refractivity (Wildman–Crippen MR) is 103 cm³/mol. The molecule has 2 aliphatic rings. The predicted octanol–water partition coefficient (Wildman–Crippen LogP) is 3.98. The van der Waals surface area contributed by atoms with Gasteiger partial charge in [0.1, 0.15) is 11.3 Å². The van der Waals surface area contributed by atoms with Crippen LogP contribution in [0.25, 0.3) is 11.0 Å². The average Bonchev–Trinajstić information content (AvgIpc) is 3.31. The number of likely N-dealkylation sites (tertiary alicyclic amines) is 1. The Kier molecular flexibility index (Phi) is 5.16. The molecule has 0 atom stereocenters. The first-order valence-electron chi connectivity index (χ1n) is 9.92. The lowest BCUT2D eigenvalue weighted by Crippen LogP contribution is -2.49. The van der Waals surface area contributed by atoms with E-state index in [1.54, 1.807) is 4.90 Å². The van der Waals surface area contributed by atoms with Gasteiger partial charge in [0, 0.05) is 37.6 Å². The van der Waals surface area contributed by atoms with Crippen LogP contribution in [0.15, 0.2) is 34.7 Å². The van der Waals surface area contributed by atoms with E-state index in [1.165, 1.54) is 25.7 Å². The molecular weight excluding hydrogens is 326 g/mol. The molecule has 1 N–H and O–H groups in total. The molecule has 1 saturated carbocycles. The van der Waals surface area contributed by atoms with E-state index in [9.17, 15) is 4.79 Å². The van der Waals surface area contributed by atoms with Crippen LogP contribution in [0.1, 0.15) is 44.3 Å². The number of rotatable bonds is 4. The number of benzene rings is 1. The van der Waals surface area contributed by atoms with Gasteiger partial charge in [0.15, 0.2) is 0 Å². The number of hydrogen-bond donors (Lipinski definition) is 1. The molecule has 4 rings (SSSR count). The number of para-hydroxylation sites is 1. The summed E-state index contributed by atoms with van der Waals surface area (Å²) in [6.07, 6.45) is 7.60. The number of fused-ring (bicyclic) bond motifs is 1. The van der Waals surface area contributed by atoms with Crippen LogP contribution in [0.4, 0.5) is 4.79 Å². The maximum atomic E-state index is 12.5. The molecule has 0 bridgehead atoms. The molecule has 140 valence electrons. The molecular formula is C21H29N3O2. The molecule has 5 nitrogen and oxygen atoms in total. The smallest absolute Gasteiger partial charge is 0.317 e. The van der Waals surface area contributed by atoms with Crippen molar-refractivity contribution in [1.82, 2.24) is 15.1 Å². The molecule has 26 heavy (non-hydrogen) atoms. The second kappa shape index (κ2) is 7.70. The fourth-order valence-electron chi connectivity index (χ4n) is 4.38. The SMILES string of the molecule is CN(Cc1cc2ccccc2o1)C(=O)NC1CCN(C2CCCC2)CC1. The van der Waals surface area contributed by atoms with Gasteiger partial charge >= 0.3 is 6.03 Å². The van der Waals surface area contributed by atoms with Gasteiger partial charge in [0.2, 0.25) is 0 Å². The Bertz CT molecular complexity index is 710. The number of nitrogens with zero attached hydrogens (tertiary/aromatic N) is 2. The van der Waals surface area contributed by atoms with Crippen molar-refractivity contribution in [2.75, 3.05) is 20.1 Å². The molecule has 1 aliphatic carbocycles. The van der Waals surface area contributed by atoms with Gasteiger partial charge in [0.05, 0.1) is 6.54 Å². The number of amides is 2. The lowest BCUT2D eigenvalue weighted by Gasteiger charge is -2.36. The molecule has 1 saturated heterocycles. The van der Waals surface area contributed by atoms with Crippen LogP contribution in [-0.4, -0.2) is 48.1 Å². The minimum Gasteiger partial charge on any atom is -0.459 e. The van der Waals surface area contributed by atoms with Crippen LogP contribution >= 0.6 is 0 Å². The highest BCUT2D eigenvalue weighted by atomic mass is 16.3. The summed E-state index contributed by atoms with van der Waals surface area (Å²) in [4.78, 5) is 16.9. The van der Waals surface area contributed by atoms with E-state index >= 15 is 0 Å². The molecule has 1 aromatic carbocycles. The lowest BCUT2D eigenvalue weighted by molar-refractivity contribution is 0.141. The lowest BCUT2D eigenvalue weighted by atomic mass is 10.0. The van der Waals surface area contributed by atoms with Gasteiger partial charge in [-0.15, -0.1) is 0 Å². The maximum absolute atomic E-state index is 12.5. The van der Waals surface area contributed by atoms with E-state index < -0.39 is 0 Å². The molecule has 1 aromatic heterocycles. The van der Waals surface area contributed by atoms with Gasteiger partial charge in [-0.1, -0.05) is 31.0 Å². The Morgan fingerprint density at radius 1 is 1.19 bits per heavy atom. The van der Waals surface area contributed by atoms with Crippen LogP contribution in [0, 0.1) is 0 Å². The number of urea groups is 1. The monoisotopic (exact) mass is 355 g/mol. The highest BCUT2D eigenvalue weighted by Gasteiger charge is 2.28. The molecule has 5 heteroatoms. The summed E-state index contributed by atoms with van der Waals surface area (Å²) in [6.45, 7) is 2.72. The number of piperidine rings is 1. The van der Waals surface area contributed by atoms with Crippen LogP contribution in [0.5, 0.6) is 0 Å². The Morgan fingerprint density at radius 3 is 2.65 bits per heavy atom. The van der Waals surface area contributed by atoms with Crippen molar-refractivity contribution in [1.29, 1.82) is 0 Å². The minimum atomic E-state index is -0.00947. The van der Waals surface area contributed by atoms with E-state index in [-0.39, 0.29) is 6.03 Å². The first kappa shape index (κ1) is 17.4. The normalized spacial score (nSPS) is 19.9. The molecule has 2 fully saturated rings.